The summed E-state index contributed by atoms with van der Waals surface area (Å²) in [5.74, 6) is -1.86. The predicted molar refractivity (Wildman–Crippen MR) is 81.8 cm³/mol. The van der Waals surface area contributed by atoms with Crippen LogP contribution in [0.4, 0.5) is 11.4 Å². The van der Waals surface area contributed by atoms with Gasteiger partial charge in [-0.25, -0.2) is 5.43 Å². The first-order valence-corrected chi connectivity index (χ1v) is 6.86. The maximum Gasteiger partial charge on any atom is 0.329 e. The molecule has 0 atom stereocenters. The minimum Gasteiger partial charge on any atom is -0.318 e. The van der Waals surface area contributed by atoms with Gasteiger partial charge >= 0.3 is 11.8 Å². The van der Waals surface area contributed by atoms with Crippen LogP contribution in [-0.2, 0) is 9.59 Å². The number of nitrogens with zero attached hydrogens (tertiary/aromatic N) is 2. The number of hydrazone groups is 1. The van der Waals surface area contributed by atoms with Crippen LogP contribution in [0.5, 0.6) is 0 Å². The second kappa shape index (κ2) is 7.09. The molecule has 1 heterocycles. The van der Waals surface area contributed by atoms with Crippen molar-refractivity contribution in [3.8, 4) is 0 Å². The van der Waals surface area contributed by atoms with E-state index in [-0.39, 0.29) is 11.4 Å². The molecule has 0 unspecified atom stereocenters. The van der Waals surface area contributed by atoms with Gasteiger partial charge in [-0.1, -0.05) is 6.07 Å². The van der Waals surface area contributed by atoms with E-state index in [1.165, 1.54) is 41.8 Å². The Labute approximate surface area is 128 Å². The molecule has 22 heavy (non-hydrogen) atoms. The standard InChI is InChI=1S/C13H10N4O4S/c18-12(13(19)16-14-8-11-2-1-7-22-11)15-9-3-5-10(6-4-9)17(20)21/h1-8H,(H,15,18)(H,16,19)/b14-8-. The van der Waals surface area contributed by atoms with E-state index in [9.17, 15) is 19.7 Å². The fourth-order valence-electron chi connectivity index (χ4n) is 1.42. The minimum atomic E-state index is -0.939. The van der Waals surface area contributed by atoms with Gasteiger partial charge in [-0.05, 0) is 23.6 Å². The van der Waals surface area contributed by atoms with E-state index in [4.69, 9.17) is 0 Å². The zero-order chi connectivity index (χ0) is 15.9. The van der Waals surface area contributed by atoms with Gasteiger partial charge in [0.1, 0.15) is 0 Å². The molecule has 0 fully saturated rings. The summed E-state index contributed by atoms with van der Waals surface area (Å²) in [6.45, 7) is 0. The van der Waals surface area contributed by atoms with Crippen LogP contribution in [0.15, 0.2) is 46.9 Å². The number of amides is 2. The number of rotatable bonds is 4. The van der Waals surface area contributed by atoms with Gasteiger partial charge in [-0.15, -0.1) is 11.3 Å². The molecule has 0 radical (unpaired) electrons. The highest BCUT2D eigenvalue weighted by molar-refractivity contribution is 7.11. The summed E-state index contributed by atoms with van der Waals surface area (Å²) in [4.78, 5) is 33.9. The molecule has 0 saturated carbocycles. The maximum atomic E-state index is 11.6. The van der Waals surface area contributed by atoms with Gasteiger partial charge in [0.25, 0.3) is 5.69 Å². The van der Waals surface area contributed by atoms with Crippen molar-refractivity contribution in [3.05, 3.63) is 56.8 Å². The lowest BCUT2D eigenvalue weighted by Gasteiger charge is -2.03. The molecule has 0 bridgehead atoms. The number of benzene rings is 1. The molecule has 0 spiro atoms. The lowest BCUT2D eigenvalue weighted by atomic mass is 10.3. The van der Waals surface area contributed by atoms with Crippen LogP contribution >= 0.6 is 11.3 Å². The van der Waals surface area contributed by atoms with Gasteiger partial charge in [0, 0.05) is 22.7 Å². The van der Waals surface area contributed by atoms with Crippen molar-refractivity contribution in [1.82, 2.24) is 5.43 Å². The van der Waals surface area contributed by atoms with Gasteiger partial charge in [-0.2, -0.15) is 5.10 Å². The van der Waals surface area contributed by atoms with E-state index >= 15 is 0 Å². The van der Waals surface area contributed by atoms with E-state index in [0.717, 1.165) is 4.88 Å². The second-order valence-electron chi connectivity index (χ2n) is 3.97. The van der Waals surface area contributed by atoms with Crippen molar-refractivity contribution in [2.24, 2.45) is 5.10 Å². The average Bonchev–Trinajstić information content (AvgIpc) is 3.01. The molecule has 2 N–H and O–H groups in total. The average molecular weight is 318 g/mol. The molecule has 8 nitrogen and oxygen atoms in total. The van der Waals surface area contributed by atoms with Gasteiger partial charge in [0.05, 0.1) is 11.1 Å². The van der Waals surface area contributed by atoms with E-state index in [1.807, 2.05) is 11.4 Å². The molecule has 0 aliphatic carbocycles. The van der Waals surface area contributed by atoms with Gasteiger partial charge in [0.2, 0.25) is 0 Å². The first kappa shape index (κ1) is 15.3. The molecule has 1 aromatic carbocycles. The second-order valence-corrected chi connectivity index (χ2v) is 4.95. The largest absolute Gasteiger partial charge is 0.329 e. The molecule has 0 aliphatic heterocycles. The molecule has 2 aromatic rings. The van der Waals surface area contributed by atoms with Crippen LogP contribution in [0.2, 0.25) is 0 Å². The van der Waals surface area contributed by atoms with Gasteiger partial charge in [0.15, 0.2) is 0 Å². The third kappa shape index (κ3) is 4.21. The van der Waals surface area contributed by atoms with E-state index < -0.39 is 16.7 Å². The molecule has 0 saturated heterocycles. The third-order valence-electron chi connectivity index (χ3n) is 2.44. The Morgan fingerprint density at radius 2 is 1.91 bits per heavy atom. The topological polar surface area (TPSA) is 114 Å². The molecule has 112 valence electrons. The van der Waals surface area contributed by atoms with Crippen molar-refractivity contribution < 1.29 is 14.5 Å². The summed E-state index contributed by atoms with van der Waals surface area (Å²) in [7, 11) is 0. The number of anilines is 1. The quantitative estimate of drug-likeness (QED) is 0.387. The lowest BCUT2D eigenvalue weighted by Crippen LogP contribution is -2.32. The van der Waals surface area contributed by atoms with Crippen LogP contribution in [0.1, 0.15) is 4.88 Å². The summed E-state index contributed by atoms with van der Waals surface area (Å²) in [6, 6.07) is 8.74. The van der Waals surface area contributed by atoms with E-state index in [1.54, 1.807) is 6.07 Å². The molecule has 1 aromatic heterocycles. The Morgan fingerprint density at radius 3 is 2.50 bits per heavy atom. The van der Waals surface area contributed by atoms with Crippen LogP contribution in [-0.4, -0.2) is 23.0 Å². The number of nitro groups is 1. The van der Waals surface area contributed by atoms with E-state index in [0.29, 0.717) is 0 Å². The number of carbonyl (C=O) groups excluding carboxylic acids is 2. The fourth-order valence-corrected chi connectivity index (χ4v) is 2.01. The number of carbonyl (C=O) groups is 2. The first-order chi connectivity index (χ1) is 10.6. The molecule has 2 amide bonds. The van der Waals surface area contributed by atoms with Crippen molar-refractivity contribution >= 4 is 40.7 Å². The summed E-state index contributed by atoms with van der Waals surface area (Å²) < 4.78 is 0. The number of thiophene rings is 1. The van der Waals surface area contributed by atoms with Crippen molar-refractivity contribution in [1.29, 1.82) is 0 Å². The zero-order valence-corrected chi connectivity index (χ0v) is 11.9. The van der Waals surface area contributed by atoms with Crippen LogP contribution < -0.4 is 10.7 Å². The van der Waals surface area contributed by atoms with Crippen LogP contribution in [0.3, 0.4) is 0 Å². The smallest absolute Gasteiger partial charge is 0.318 e. The third-order valence-corrected chi connectivity index (χ3v) is 3.25. The molecule has 2 rings (SSSR count). The first-order valence-electron chi connectivity index (χ1n) is 5.98. The maximum absolute atomic E-state index is 11.6. The SMILES string of the molecule is O=C(N/N=C\c1cccs1)C(=O)Nc1ccc([N+](=O)[O-])cc1. The number of nitro benzene ring substituents is 1. The number of hydrogen-bond acceptors (Lipinski definition) is 6. The normalized spacial score (nSPS) is 10.4. The molecule has 9 heteroatoms. The summed E-state index contributed by atoms with van der Waals surface area (Å²) in [5, 5.41) is 18.3. The predicted octanol–water partition coefficient (Wildman–Crippen LogP) is 1.75. The van der Waals surface area contributed by atoms with Crippen molar-refractivity contribution in [3.63, 3.8) is 0 Å². The van der Waals surface area contributed by atoms with Crippen molar-refractivity contribution in [2.45, 2.75) is 0 Å². The van der Waals surface area contributed by atoms with Gasteiger partial charge in [-0.3, -0.25) is 19.7 Å². The zero-order valence-electron chi connectivity index (χ0n) is 11.1. The Balaban J connectivity index is 1.88. The molecular formula is C13H10N4O4S. The number of hydrogen-bond donors (Lipinski definition) is 2. The number of nitrogens with one attached hydrogen (secondary N) is 2. The highest BCUT2D eigenvalue weighted by Crippen LogP contribution is 2.15. The highest BCUT2D eigenvalue weighted by Gasteiger charge is 2.13. The monoisotopic (exact) mass is 318 g/mol. The Morgan fingerprint density at radius 1 is 1.18 bits per heavy atom. The summed E-state index contributed by atoms with van der Waals surface area (Å²) in [5.41, 5.74) is 2.25. The van der Waals surface area contributed by atoms with Crippen LogP contribution in [0.25, 0.3) is 0 Å². The highest BCUT2D eigenvalue weighted by atomic mass is 32.1. The molecule has 0 aliphatic rings. The molecular weight excluding hydrogens is 308 g/mol. The Kier molecular flexibility index (Phi) is 4.94. The van der Waals surface area contributed by atoms with Crippen molar-refractivity contribution in [2.75, 3.05) is 5.32 Å². The van der Waals surface area contributed by atoms with Crippen LogP contribution in [0, 0.1) is 10.1 Å². The summed E-state index contributed by atoms with van der Waals surface area (Å²) >= 11 is 1.43. The number of non-ortho nitro benzene ring substituents is 1. The minimum absolute atomic E-state index is 0.108. The van der Waals surface area contributed by atoms with Gasteiger partial charge < -0.3 is 5.32 Å². The lowest BCUT2D eigenvalue weighted by molar-refractivity contribution is -0.384. The Bertz CT molecular complexity index is 710. The summed E-state index contributed by atoms with van der Waals surface area (Å²) in [6.07, 6.45) is 1.42. The van der Waals surface area contributed by atoms with E-state index in [2.05, 4.69) is 15.8 Å². The fraction of sp³-hybridized carbons (Fsp3) is 0. The Hall–Kier alpha value is -3.07.